The van der Waals surface area contributed by atoms with Crippen molar-refractivity contribution < 1.29 is 9.53 Å². The molecule has 1 aliphatic heterocycles. The smallest absolute Gasteiger partial charge is 0.410 e. The minimum atomic E-state index is -0.527. The predicted molar refractivity (Wildman–Crippen MR) is 136 cm³/mol. The summed E-state index contributed by atoms with van der Waals surface area (Å²) in [6.07, 6.45) is 6.56. The molecular weight excluding hydrogens is 466 g/mol. The monoisotopic (exact) mass is 493 g/mol. The largest absolute Gasteiger partial charge is 0.444 e. The number of fused-ring (bicyclic) bond motifs is 2. The molecule has 0 N–H and O–H groups in total. The molecule has 8 nitrogen and oxygen atoms in total. The second-order valence-corrected chi connectivity index (χ2v) is 10.5. The van der Waals surface area contributed by atoms with Gasteiger partial charge < -0.3 is 14.0 Å². The second-order valence-electron chi connectivity index (χ2n) is 10.1. The molecule has 1 fully saturated rings. The van der Waals surface area contributed by atoms with Gasteiger partial charge in [-0.3, -0.25) is 9.36 Å². The third-order valence-electron chi connectivity index (χ3n) is 6.25. The average molecular weight is 494 g/mol. The number of pyridine rings is 1. The summed E-state index contributed by atoms with van der Waals surface area (Å²) in [5.74, 6) is 0. The molecule has 35 heavy (non-hydrogen) atoms. The Morgan fingerprint density at radius 3 is 2.57 bits per heavy atom. The number of nitrogens with zero attached hydrogens (tertiary/aromatic N) is 5. The Morgan fingerprint density at radius 1 is 1.11 bits per heavy atom. The molecular formula is C26H28ClN5O3. The van der Waals surface area contributed by atoms with Gasteiger partial charge in [-0.15, -0.1) is 0 Å². The topological polar surface area (TPSA) is 81.7 Å². The summed E-state index contributed by atoms with van der Waals surface area (Å²) in [5.41, 5.74) is 3.48. The standard InChI is InChI=1S/C26H28ClN5O3/c1-16-13-31-14-18(11-21(27)23(31)29-16)17-5-6-20-22(12-17)28-15-32(24(20)33)19-7-9-30(10-8-19)25(34)35-26(2,3)4/h5-6,11-15,19H,7-10H2,1-4H3. The molecule has 9 heteroatoms. The Morgan fingerprint density at radius 2 is 1.86 bits per heavy atom. The zero-order valence-corrected chi connectivity index (χ0v) is 21.0. The number of hydrogen-bond donors (Lipinski definition) is 0. The molecule has 1 saturated heterocycles. The molecule has 3 aromatic heterocycles. The van der Waals surface area contributed by atoms with Crippen molar-refractivity contribution in [3.05, 3.63) is 64.1 Å². The van der Waals surface area contributed by atoms with Gasteiger partial charge in [-0.1, -0.05) is 17.7 Å². The lowest BCUT2D eigenvalue weighted by molar-refractivity contribution is 0.0187. The van der Waals surface area contributed by atoms with Crippen LogP contribution in [-0.2, 0) is 4.74 Å². The minimum absolute atomic E-state index is 0.0107. The Labute approximate surface area is 208 Å². The summed E-state index contributed by atoms with van der Waals surface area (Å²) in [6, 6.07) is 7.52. The quantitative estimate of drug-likeness (QED) is 0.381. The first-order chi connectivity index (χ1) is 16.6. The number of likely N-dealkylation sites (tertiary alicyclic amines) is 1. The molecule has 5 rings (SSSR count). The fraction of sp³-hybridized carbons (Fsp3) is 0.385. The number of halogens is 1. The lowest BCUT2D eigenvalue weighted by Crippen LogP contribution is -2.43. The third-order valence-corrected chi connectivity index (χ3v) is 6.53. The van der Waals surface area contributed by atoms with Crippen LogP contribution in [0.2, 0.25) is 5.02 Å². The first-order valence-electron chi connectivity index (χ1n) is 11.7. The van der Waals surface area contributed by atoms with Crippen molar-refractivity contribution >= 4 is 34.2 Å². The molecule has 1 aliphatic rings. The molecule has 0 radical (unpaired) electrons. The molecule has 4 aromatic rings. The van der Waals surface area contributed by atoms with E-state index in [1.54, 1.807) is 15.8 Å². The Kier molecular flexibility index (Phi) is 5.79. The molecule has 4 heterocycles. The highest BCUT2D eigenvalue weighted by molar-refractivity contribution is 6.33. The van der Waals surface area contributed by atoms with Crippen LogP contribution in [0.5, 0.6) is 0 Å². The zero-order valence-electron chi connectivity index (χ0n) is 20.3. The van der Waals surface area contributed by atoms with E-state index in [9.17, 15) is 9.59 Å². The number of ether oxygens (including phenoxy) is 1. The second kappa shape index (κ2) is 8.68. The first kappa shape index (κ1) is 23.4. The van der Waals surface area contributed by atoms with Crippen molar-refractivity contribution in [3.63, 3.8) is 0 Å². The number of carbonyl (C=O) groups is 1. The Balaban J connectivity index is 1.39. The van der Waals surface area contributed by atoms with Gasteiger partial charge in [0.1, 0.15) is 5.60 Å². The summed E-state index contributed by atoms with van der Waals surface area (Å²) in [5, 5.41) is 1.13. The third kappa shape index (κ3) is 4.62. The number of aromatic nitrogens is 4. The van der Waals surface area contributed by atoms with Crippen molar-refractivity contribution in [2.24, 2.45) is 0 Å². The number of aryl methyl sites for hydroxylation is 1. The van der Waals surface area contributed by atoms with Gasteiger partial charge in [0.2, 0.25) is 0 Å². The number of amides is 1. The van der Waals surface area contributed by atoms with Gasteiger partial charge in [0.05, 0.1) is 27.9 Å². The Bertz CT molecular complexity index is 1490. The molecule has 0 saturated carbocycles. The molecule has 1 amide bonds. The van der Waals surface area contributed by atoms with Crippen LogP contribution in [0.25, 0.3) is 27.7 Å². The van der Waals surface area contributed by atoms with Crippen LogP contribution in [-0.4, -0.2) is 48.6 Å². The maximum atomic E-state index is 13.3. The summed E-state index contributed by atoms with van der Waals surface area (Å²) in [4.78, 5) is 36.4. The molecule has 182 valence electrons. The van der Waals surface area contributed by atoms with E-state index in [1.165, 1.54) is 0 Å². The van der Waals surface area contributed by atoms with Crippen LogP contribution in [0.1, 0.15) is 45.3 Å². The van der Waals surface area contributed by atoms with Crippen molar-refractivity contribution in [2.45, 2.75) is 52.2 Å². The average Bonchev–Trinajstić information content (AvgIpc) is 3.19. The Hall–Kier alpha value is -3.39. The molecule has 0 unspecified atom stereocenters. The van der Waals surface area contributed by atoms with E-state index in [1.807, 2.05) is 68.8 Å². The highest BCUT2D eigenvalue weighted by Gasteiger charge is 2.28. The SMILES string of the molecule is Cc1cn2cc(-c3ccc4c(=O)n(C5CCN(C(=O)OC(C)(C)C)CC5)cnc4c3)cc(Cl)c2n1. The van der Waals surface area contributed by atoms with Crippen molar-refractivity contribution in [3.8, 4) is 11.1 Å². The van der Waals surface area contributed by atoms with E-state index in [4.69, 9.17) is 16.3 Å². The lowest BCUT2D eigenvalue weighted by Gasteiger charge is -2.34. The van der Waals surface area contributed by atoms with Gasteiger partial charge in [-0.2, -0.15) is 0 Å². The summed E-state index contributed by atoms with van der Waals surface area (Å²) < 4.78 is 9.08. The van der Waals surface area contributed by atoms with Crippen LogP contribution in [0.3, 0.4) is 0 Å². The van der Waals surface area contributed by atoms with Crippen LogP contribution in [0.4, 0.5) is 4.79 Å². The van der Waals surface area contributed by atoms with Gasteiger partial charge >= 0.3 is 6.09 Å². The van der Waals surface area contributed by atoms with Crippen LogP contribution in [0.15, 0.2) is 47.8 Å². The maximum Gasteiger partial charge on any atom is 0.410 e. The highest BCUT2D eigenvalue weighted by Crippen LogP contribution is 2.28. The van der Waals surface area contributed by atoms with E-state index in [0.29, 0.717) is 47.5 Å². The van der Waals surface area contributed by atoms with Crippen molar-refractivity contribution in [2.75, 3.05) is 13.1 Å². The van der Waals surface area contributed by atoms with Crippen LogP contribution >= 0.6 is 11.6 Å². The lowest BCUT2D eigenvalue weighted by atomic mass is 10.0. The van der Waals surface area contributed by atoms with Gasteiger partial charge in [0, 0.05) is 37.1 Å². The fourth-order valence-corrected chi connectivity index (χ4v) is 4.82. The molecule has 1 aromatic carbocycles. The molecule has 0 aliphatic carbocycles. The molecule has 0 spiro atoms. The molecule has 0 bridgehead atoms. The normalized spacial score (nSPS) is 15.2. The summed E-state index contributed by atoms with van der Waals surface area (Å²) in [6.45, 7) is 8.58. The fourth-order valence-electron chi connectivity index (χ4n) is 4.57. The maximum absolute atomic E-state index is 13.3. The van der Waals surface area contributed by atoms with Gasteiger partial charge in [-0.05, 0) is 64.3 Å². The van der Waals surface area contributed by atoms with E-state index in [-0.39, 0.29) is 17.7 Å². The van der Waals surface area contributed by atoms with E-state index in [2.05, 4.69) is 9.97 Å². The van der Waals surface area contributed by atoms with E-state index in [0.717, 1.165) is 16.8 Å². The number of piperidine rings is 1. The molecule has 0 atom stereocenters. The number of hydrogen-bond acceptors (Lipinski definition) is 5. The highest BCUT2D eigenvalue weighted by atomic mass is 35.5. The van der Waals surface area contributed by atoms with Gasteiger partial charge in [0.15, 0.2) is 5.65 Å². The summed E-state index contributed by atoms with van der Waals surface area (Å²) >= 11 is 6.45. The van der Waals surface area contributed by atoms with Crippen LogP contribution in [0, 0.1) is 6.92 Å². The van der Waals surface area contributed by atoms with E-state index < -0.39 is 5.60 Å². The predicted octanol–water partition coefficient (Wildman–Crippen LogP) is 5.25. The number of rotatable bonds is 2. The number of benzene rings is 1. The van der Waals surface area contributed by atoms with E-state index >= 15 is 0 Å². The number of imidazole rings is 1. The minimum Gasteiger partial charge on any atom is -0.444 e. The van der Waals surface area contributed by atoms with Crippen molar-refractivity contribution in [1.82, 2.24) is 23.8 Å². The number of carbonyl (C=O) groups excluding carboxylic acids is 1. The van der Waals surface area contributed by atoms with Gasteiger partial charge in [0.25, 0.3) is 5.56 Å². The zero-order chi connectivity index (χ0) is 24.9. The first-order valence-corrected chi connectivity index (χ1v) is 12.1. The summed E-state index contributed by atoms with van der Waals surface area (Å²) in [7, 11) is 0. The van der Waals surface area contributed by atoms with Gasteiger partial charge in [-0.25, -0.2) is 14.8 Å². The van der Waals surface area contributed by atoms with Crippen molar-refractivity contribution in [1.29, 1.82) is 0 Å². The van der Waals surface area contributed by atoms with Crippen LogP contribution < -0.4 is 5.56 Å².